The molecule has 0 N–H and O–H groups in total. The molecule has 1 fully saturated rings. The van der Waals surface area contributed by atoms with Crippen LogP contribution < -0.4 is 5.56 Å². The Balaban J connectivity index is 1.85. The fourth-order valence-electron chi connectivity index (χ4n) is 2.81. The summed E-state index contributed by atoms with van der Waals surface area (Å²) in [5.74, 6) is 1.72. The summed E-state index contributed by atoms with van der Waals surface area (Å²) in [6.45, 7) is 0. The maximum atomic E-state index is 13.0. The third-order valence-electron chi connectivity index (χ3n) is 4.46. The molecule has 124 valence electrons. The number of imidazole rings is 1. The molecule has 0 atom stereocenters. The van der Waals surface area contributed by atoms with Gasteiger partial charge in [0.25, 0.3) is 5.56 Å². The highest BCUT2D eigenvalue weighted by atomic mass is 35.5. The van der Waals surface area contributed by atoms with Gasteiger partial charge in [-0.05, 0) is 43.0 Å². The SMILES string of the molecule is Cn1cnc2c(=O)n(-c3ccc(Cl)cc3)c(SCC3CCC3)nc21. The zero-order valence-electron chi connectivity index (χ0n) is 13.3. The van der Waals surface area contributed by atoms with E-state index in [9.17, 15) is 4.79 Å². The number of rotatable bonds is 4. The molecule has 1 aliphatic rings. The van der Waals surface area contributed by atoms with Gasteiger partial charge in [0, 0.05) is 17.8 Å². The monoisotopic (exact) mass is 360 g/mol. The quantitative estimate of drug-likeness (QED) is 0.526. The van der Waals surface area contributed by atoms with E-state index in [1.807, 2.05) is 19.2 Å². The minimum Gasteiger partial charge on any atom is -0.318 e. The largest absolute Gasteiger partial charge is 0.318 e. The lowest BCUT2D eigenvalue weighted by molar-refractivity contribution is 0.353. The maximum Gasteiger partial charge on any atom is 0.286 e. The molecule has 1 aromatic carbocycles. The van der Waals surface area contributed by atoms with Gasteiger partial charge >= 0.3 is 0 Å². The highest BCUT2D eigenvalue weighted by Gasteiger charge is 2.21. The highest BCUT2D eigenvalue weighted by Crippen LogP contribution is 2.32. The number of fused-ring (bicyclic) bond motifs is 1. The second-order valence-electron chi connectivity index (χ2n) is 6.15. The lowest BCUT2D eigenvalue weighted by Crippen LogP contribution is -2.23. The van der Waals surface area contributed by atoms with Gasteiger partial charge in [-0.15, -0.1) is 0 Å². The third-order valence-corrected chi connectivity index (χ3v) is 5.88. The molecule has 2 aromatic heterocycles. The number of nitrogens with zero attached hydrogens (tertiary/aromatic N) is 4. The van der Waals surface area contributed by atoms with Gasteiger partial charge in [0.2, 0.25) is 0 Å². The fraction of sp³-hybridized carbons (Fsp3) is 0.353. The normalized spacial score (nSPS) is 14.9. The minimum atomic E-state index is -0.140. The molecule has 0 unspecified atom stereocenters. The van der Waals surface area contributed by atoms with E-state index in [1.165, 1.54) is 19.3 Å². The maximum absolute atomic E-state index is 13.0. The van der Waals surface area contributed by atoms with Crippen molar-refractivity contribution in [2.75, 3.05) is 5.75 Å². The first-order chi connectivity index (χ1) is 11.6. The smallest absolute Gasteiger partial charge is 0.286 e. The summed E-state index contributed by atoms with van der Waals surface area (Å²) in [5.41, 5.74) is 1.64. The molecule has 2 heterocycles. The van der Waals surface area contributed by atoms with Crippen LogP contribution in [-0.2, 0) is 7.05 Å². The lowest BCUT2D eigenvalue weighted by Gasteiger charge is -2.24. The van der Waals surface area contributed by atoms with Gasteiger partial charge in [-0.1, -0.05) is 29.8 Å². The van der Waals surface area contributed by atoms with Crippen molar-refractivity contribution in [2.45, 2.75) is 24.4 Å². The van der Waals surface area contributed by atoms with Gasteiger partial charge in [-0.25, -0.2) is 9.97 Å². The Morgan fingerprint density at radius 2 is 2.04 bits per heavy atom. The van der Waals surface area contributed by atoms with Crippen molar-refractivity contribution in [2.24, 2.45) is 13.0 Å². The van der Waals surface area contributed by atoms with Gasteiger partial charge in [0.15, 0.2) is 16.3 Å². The predicted molar refractivity (Wildman–Crippen MR) is 97.2 cm³/mol. The van der Waals surface area contributed by atoms with Crippen LogP contribution in [0.1, 0.15) is 19.3 Å². The van der Waals surface area contributed by atoms with E-state index in [2.05, 4.69) is 4.98 Å². The second kappa shape index (κ2) is 6.26. The Kier molecular flexibility index (Phi) is 4.10. The Labute approximate surface area is 148 Å². The van der Waals surface area contributed by atoms with Crippen molar-refractivity contribution >= 4 is 34.5 Å². The molecule has 0 bridgehead atoms. The standard InChI is InChI=1S/C17H17ClN4OS/c1-21-10-19-14-15(21)20-17(24-9-11-3-2-4-11)22(16(14)23)13-7-5-12(18)6-8-13/h5-8,10-11H,2-4,9H2,1H3. The molecule has 24 heavy (non-hydrogen) atoms. The molecule has 4 rings (SSSR count). The number of hydrogen-bond acceptors (Lipinski definition) is 4. The number of aryl methyl sites for hydroxylation is 1. The Morgan fingerprint density at radius 3 is 2.71 bits per heavy atom. The first-order valence-electron chi connectivity index (χ1n) is 7.96. The lowest BCUT2D eigenvalue weighted by atomic mass is 9.87. The van der Waals surface area contributed by atoms with Crippen LogP contribution >= 0.6 is 23.4 Å². The van der Waals surface area contributed by atoms with Crippen molar-refractivity contribution in [1.82, 2.24) is 19.1 Å². The molecule has 0 saturated heterocycles. The zero-order valence-corrected chi connectivity index (χ0v) is 14.8. The topological polar surface area (TPSA) is 52.7 Å². The number of benzene rings is 1. The van der Waals surface area contributed by atoms with Crippen LogP contribution in [0.5, 0.6) is 0 Å². The second-order valence-corrected chi connectivity index (χ2v) is 7.57. The van der Waals surface area contributed by atoms with E-state index in [1.54, 1.807) is 39.4 Å². The van der Waals surface area contributed by atoms with Gasteiger partial charge in [-0.2, -0.15) is 0 Å². The summed E-state index contributed by atoms with van der Waals surface area (Å²) in [6, 6.07) is 7.25. The van der Waals surface area contributed by atoms with Crippen molar-refractivity contribution in [3.63, 3.8) is 0 Å². The fourth-order valence-corrected chi connectivity index (χ4v) is 4.12. The first-order valence-corrected chi connectivity index (χ1v) is 9.32. The van der Waals surface area contributed by atoms with Gasteiger partial charge in [0.05, 0.1) is 12.0 Å². The molecule has 3 aromatic rings. The van der Waals surface area contributed by atoms with Crippen molar-refractivity contribution < 1.29 is 0 Å². The van der Waals surface area contributed by atoms with E-state index in [0.29, 0.717) is 21.3 Å². The van der Waals surface area contributed by atoms with Crippen LogP contribution in [0.2, 0.25) is 5.02 Å². The summed E-state index contributed by atoms with van der Waals surface area (Å²) < 4.78 is 3.44. The zero-order chi connectivity index (χ0) is 16.7. The average molecular weight is 361 g/mol. The van der Waals surface area contributed by atoms with Crippen molar-refractivity contribution in [3.8, 4) is 5.69 Å². The molecule has 1 aliphatic carbocycles. The average Bonchev–Trinajstić information content (AvgIpc) is 2.89. The molecule has 0 spiro atoms. The molecule has 0 aliphatic heterocycles. The Bertz CT molecular complexity index is 944. The first kappa shape index (κ1) is 15.7. The van der Waals surface area contributed by atoms with Crippen LogP contribution in [0.25, 0.3) is 16.9 Å². The Morgan fingerprint density at radius 1 is 1.29 bits per heavy atom. The van der Waals surface area contributed by atoms with E-state index >= 15 is 0 Å². The van der Waals surface area contributed by atoms with E-state index in [4.69, 9.17) is 16.6 Å². The van der Waals surface area contributed by atoms with Gasteiger partial charge in [0.1, 0.15) is 0 Å². The number of hydrogen-bond donors (Lipinski definition) is 0. The summed E-state index contributed by atoms with van der Waals surface area (Å²) >= 11 is 7.63. The molecule has 0 radical (unpaired) electrons. The van der Waals surface area contributed by atoms with Crippen LogP contribution in [0.3, 0.4) is 0 Å². The van der Waals surface area contributed by atoms with Crippen LogP contribution in [0.15, 0.2) is 40.5 Å². The van der Waals surface area contributed by atoms with E-state index in [-0.39, 0.29) is 5.56 Å². The van der Waals surface area contributed by atoms with Crippen molar-refractivity contribution in [1.29, 1.82) is 0 Å². The number of halogens is 1. The third kappa shape index (κ3) is 2.74. The minimum absolute atomic E-state index is 0.140. The molecule has 5 nitrogen and oxygen atoms in total. The Hall–Kier alpha value is -1.79. The molecule has 0 amide bonds. The van der Waals surface area contributed by atoms with Crippen LogP contribution in [0.4, 0.5) is 0 Å². The highest BCUT2D eigenvalue weighted by molar-refractivity contribution is 7.99. The van der Waals surface area contributed by atoms with Gasteiger partial charge in [-0.3, -0.25) is 9.36 Å². The number of aromatic nitrogens is 4. The molecule has 7 heteroatoms. The number of thioether (sulfide) groups is 1. The summed E-state index contributed by atoms with van der Waals surface area (Å²) in [5, 5.41) is 1.35. The van der Waals surface area contributed by atoms with E-state index < -0.39 is 0 Å². The summed E-state index contributed by atoms with van der Waals surface area (Å²) in [4.78, 5) is 21.9. The molecular formula is C17H17ClN4OS. The summed E-state index contributed by atoms with van der Waals surface area (Å²) in [7, 11) is 1.86. The van der Waals surface area contributed by atoms with Crippen molar-refractivity contribution in [3.05, 3.63) is 46.0 Å². The predicted octanol–water partition coefficient (Wildman–Crippen LogP) is 3.66. The molecular weight excluding hydrogens is 344 g/mol. The van der Waals surface area contributed by atoms with Crippen LogP contribution in [-0.4, -0.2) is 24.9 Å². The van der Waals surface area contributed by atoms with Gasteiger partial charge < -0.3 is 4.57 Å². The molecule has 1 saturated carbocycles. The van der Waals surface area contributed by atoms with E-state index in [0.717, 1.165) is 17.4 Å². The summed E-state index contributed by atoms with van der Waals surface area (Å²) in [6.07, 6.45) is 5.48. The van der Waals surface area contributed by atoms with Crippen LogP contribution in [0, 0.1) is 5.92 Å².